The maximum atomic E-state index is 13.4. The molecule has 3 rings (SSSR count). The molecule has 1 saturated heterocycles. The number of carbonyl (C=O) groups excluding carboxylic acids is 1. The summed E-state index contributed by atoms with van der Waals surface area (Å²) in [6.45, 7) is 7.69. The minimum Gasteiger partial charge on any atom is -0.354 e. The minimum absolute atomic E-state index is 0.173. The van der Waals surface area contributed by atoms with Crippen LogP contribution >= 0.6 is 0 Å². The van der Waals surface area contributed by atoms with Crippen molar-refractivity contribution in [3.05, 3.63) is 60.2 Å². The van der Waals surface area contributed by atoms with E-state index in [9.17, 15) is 13.2 Å². The summed E-state index contributed by atoms with van der Waals surface area (Å²) in [7, 11) is -3.87. The van der Waals surface area contributed by atoms with Crippen molar-refractivity contribution < 1.29 is 13.2 Å². The van der Waals surface area contributed by atoms with E-state index in [1.165, 1.54) is 30.0 Å². The molecule has 1 aliphatic heterocycles. The van der Waals surface area contributed by atoms with Crippen molar-refractivity contribution in [3.63, 3.8) is 0 Å². The summed E-state index contributed by atoms with van der Waals surface area (Å²) in [4.78, 5) is 15.4. The SMILES string of the molecule is CC(C)c1ccc(N(CC(=O)NCCCN2CCCCCC2)S(=O)(=O)c2ccccc2)cc1. The highest BCUT2D eigenvalue weighted by Crippen LogP contribution is 2.25. The van der Waals surface area contributed by atoms with E-state index >= 15 is 0 Å². The molecule has 1 heterocycles. The van der Waals surface area contributed by atoms with Crippen molar-refractivity contribution in [1.29, 1.82) is 0 Å². The number of likely N-dealkylation sites (tertiary alicyclic amines) is 1. The number of nitrogens with zero attached hydrogens (tertiary/aromatic N) is 2. The van der Waals surface area contributed by atoms with Crippen LogP contribution in [0.3, 0.4) is 0 Å². The lowest BCUT2D eigenvalue weighted by molar-refractivity contribution is -0.119. The zero-order valence-electron chi connectivity index (χ0n) is 19.9. The standard InChI is InChI=1S/C26H37N3O3S/c1-22(2)23-13-15-24(16-14-23)29(33(31,32)25-11-6-5-7-12-25)21-26(30)27-17-10-20-28-18-8-3-4-9-19-28/h5-7,11-16,22H,3-4,8-10,17-21H2,1-2H3,(H,27,30). The van der Waals surface area contributed by atoms with Crippen LogP contribution < -0.4 is 9.62 Å². The van der Waals surface area contributed by atoms with Gasteiger partial charge in [-0.25, -0.2) is 8.42 Å². The zero-order chi connectivity index (χ0) is 23.7. The van der Waals surface area contributed by atoms with Crippen LogP contribution in [-0.2, 0) is 14.8 Å². The number of amides is 1. The third-order valence-electron chi connectivity index (χ3n) is 6.14. The van der Waals surface area contributed by atoms with Gasteiger partial charge < -0.3 is 10.2 Å². The van der Waals surface area contributed by atoms with Gasteiger partial charge in [0.2, 0.25) is 5.91 Å². The van der Waals surface area contributed by atoms with Gasteiger partial charge in [-0.15, -0.1) is 0 Å². The van der Waals surface area contributed by atoms with Crippen molar-refractivity contribution in [2.45, 2.75) is 56.8 Å². The Bertz CT molecular complexity index is 968. The summed E-state index contributed by atoms with van der Waals surface area (Å²) in [5.74, 6) is 0.0454. The quantitative estimate of drug-likeness (QED) is 0.522. The Balaban J connectivity index is 1.66. The second kappa shape index (κ2) is 12.2. The monoisotopic (exact) mass is 471 g/mol. The van der Waals surface area contributed by atoms with E-state index in [1.807, 2.05) is 12.1 Å². The van der Waals surface area contributed by atoms with Gasteiger partial charge in [0.05, 0.1) is 10.6 Å². The summed E-state index contributed by atoms with van der Waals surface area (Å²) >= 11 is 0. The molecule has 0 radical (unpaired) electrons. The molecule has 0 aromatic heterocycles. The van der Waals surface area contributed by atoms with E-state index in [0.717, 1.165) is 31.6 Å². The molecule has 1 aliphatic rings. The molecular weight excluding hydrogens is 434 g/mol. The average Bonchev–Trinajstić information content (AvgIpc) is 3.10. The number of nitrogens with one attached hydrogen (secondary N) is 1. The van der Waals surface area contributed by atoms with Crippen LogP contribution in [0, 0.1) is 0 Å². The Kier molecular flexibility index (Phi) is 9.32. The maximum absolute atomic E-state index is 13.4. The van der Waals surface area contributed by atoms with E-state index in [0.29, 0.717) is 18.2 Å². The second-order valence-corrected chi connectivity index (χ2v) is 10.9. The summed E-state index contributed by atoms with van der Waals surface area (Å²) in [5, 5.41) is 2.92. The van der Waals surface area contributed by atoms with Crippen molar-refractivity contribution in [3.8, 4) is 0 Å². The second-order valence-electron chi connectivity index (χ2n) is 9.03. The van der Waals surface area contributed by atoms with E-state index in [1.54, 1.807) is 42.5 Å². The molecule has 2 aromatic rings. The van der Waals surface area contributed by atoms with Gasteiger partial charge in [0.15, 0.2) is 0 Å². The molecule has 2 aromatic carbocycles. The fourth-order valence-corrected chi connectivity index (χ4v) is 5.58. The van der Waals surface area contributed by atoms with Gasteiger partial charge in [-0.05, 0) is 74.6 Å². The molecule has 0 spiro atoms. The van der Waals surface area contributed by atoms with Gasteiger partial charge in [0, 0.05) is 6.54 Å². The van der Waals surface area contributed by atoms with Crippen molar-refractivity contribution in [2.24, 2.45) is 0 Å². The van der Waals surface area contributed by atoms with Gasteiger partial charge in [0.1, 0.15) is 6.54 Å². The first kappa shape index (κ1) is 25.2. The van der Waals surface area contributed by atoms with Crippen molar-refractivity contribution in [2.75, 3.05) is 37.0 Å². The predicted molar refractivity (Wildman–Crippen MR) is 134 cm³/mol. The molecule has 7 heteroatoms. The molecule has 6 nitrogen and oxygen atoms in total. The molecular formula is C26H37N3O3S. The molecule has 1 amide bonds. The molecule has 0 unspecified atom stereocenters. The highest BCUT2D eigenvalue weighted by Gasteiger charge is 2.27. The minimum atomic E-state index is -3.87. The van der Waals surface area contributed by atoms with Crippen LogP contribution in [0.1, 0.15) is 57.4 Å². The number of hydrogen-bond acceptors (Lipinski definition) is 4. The lowest BCUT2D eigenvalue weighted by atomic mass is 10.0. The van der Waals surface area contributed by atoms with Gasteiger partial charge in [-0.2, -0.15) is 0 Å². The first-order valence-electron chi connectivity index (χ1n) is 12.0. The summed E-state index contributed by atoms with van der Waals surface area (Å²) in [6.07, 6.45) is 5.96. The molecule has 180 valence electrons. The smallest absolute Gasteiger partial charge is 0.264 e. The van der Waals surface area contributed by atoms with E-state index in [-0.39, 0.29) is 17.3 Å². The Labute approximate surface area is 199 Å². The van der Waals surface area contributed by atoms with Crippen LogP contribution in [0.5, 0.6) is 0 Å². The van der Waals surface area contributed by atoms with Crippen LogP contribution in [0.4, 0.5) is 5.69 Å². The average molecular weight is 472 g/mol. The maximum Gasteiger partial charge on any atom is 0.264 e. The molecule has 0 saturated carbocycles. The molecule has 0 bridgehead atoms. The lowest BCUT2D eigenvalue weighted by Gasteiger charge is -2.25. The van der Waals surface area contributed by atoms with Crippen LogP contribution in [0.25, 0.3) is 0 Å². The normalized spacial score (nSPS) is 15.2. The molecule has 1 N–H and O–H groups in total. The van der Waals surface area contributed by atoms with Gasteiger partial charge in [-0.3, -0.25) is 9.10 Å². The number of rotatable bonds is 10. The van der Waals surface area contributed by atoms with Gasteiger partial charge in [0.25, 0.3) is 10.0 Å². The lowest BCUT2D eigenvalue weighted by Crippen LogP contribution is -2.41. The first-order valence-corrected chi connectivity index (χ1v) is 13.5. The van der Waals surface area contributed by atoms with Crippen molar-refractivity contribution >= 4 is 21.6 Å². The van der Waals surface area contributed by atoms with Crippen LogP contribution in [0.2, 0.25) is 0 Å². The fourth-order valence-electron chi connectivity index (χ4n) is 4.14. The van der Waals surface area contributed by atoms with Crippen molar-refractivity contribution in [1.82, 2.24) is 10.2 Å². The Hall–Kier alpha value is -2.38. The largest absolute Gasteiger partial charge is 0.354 e. The van der Waals surface area contributed by atoms with Crippen LogP contribution in [0.15, 0.2) is 59.5 Å². The highest BCUT2D eigenvalue weighted by atomic mass is 32.2. The zero-order valence-corrected chi connectivity index (χ0v) is 20.7. The Morgan fingerprint density at radius 2 is 1.61 bits per heavy atom. The molecule has 33 heavy (non-hydrogen) atoms. The van der Waals surface area contributed by atoms with Gasteiger partial charge >= 0.3 is 0 Å². The predicted octanol–water partition coefficient (Wildman–Crippen LogP) is 4.39. The highest BCUT2D eigenvalue weighted by molar-refractivity contribution is 7.92. The molecule has 0 aliphatic carbocycles. The molecule has 0 atom stereocenters. The number of sulfonamides is 1. The topological polar surface area (TPSA) is 69.7 Å². The van der Waals surface area contributed by atoms with Crippen LogP contribution in [-0.4, -0.2) is 51.9 Å². The Morgan fingerprint density at radius 1 is 0.970 bits per heavy atom. The third kappa shape index (κ3) is 7.30. The van der Waals surface area contributed by atoms with E-state index in [2.05, 4.69) is 24.1 Å². The van der Waals surface area contributed by atoms with E-state index < -0.39 is 10.0 Å². The van der Waals surface area contributed by atoms with E-state index in [4.69, 9.17) is 0 Å². The summed E-state index contributed by atoms with van der Waals surface area (Å²) < 4.78 is 28.0. The molecule has 1 fully saturated rings. The Morgan fingerprint density at radius 3 is 2.21 bits per heavy atom. The summed E-state index contributed by atoms with van der Waals surface area (Å²) in [5.41, 5.74) is 1.61. The van der Waals surface area contributed by atoms with Gasteiger partial charge in [-0.1, -0.05) is 57.0 Å². The summed E-state index contributed by atoms with van der Waals surface area (Å²) in [6, 6.07) is 15.7. The number of hydrogen-bond donors (Lipinski definition) is 1. The third-order valence-corrected chi connectivity index (χ3v) is 7.93. The fraction of sp³-hybridized carbons (Fsp3) is 0.500. The number of carbonyl (C=O) groups is 1. The number of benzene rings is 2. The number of anilines is 1. The first-order chi connectivity index (χ1) is 15.9.